The van der Waals surface area contributed by atoms with Crippen LogP contribution in [0.4, 0.5) is 0 Å². The van der Waals surface area contributed by atoms with Gasteiger partial charge in [0.2, 0.25) is 5.91 Å². The Kier molecular flexibility index (Phi) is 5.56. The smallest absolute Gasteiger partial charge is 0.234 e. The van der Waals surface area contributed by atoms with Crippen molar-refractivity contribution in [2.75, 3.05) is 33.4 Å². The molecule has 1 rings (SSSR count). The Morgan fingerprint density at radius 1 is 1.56 bits per heavy atom. The molecule has 1 saturated heterocycles. The lowest BCUT2D eigenvalue weighted by atomic mass is 10.1. The molecule has 0 radical (unpaired) electrons. The van der Waals surface area contributed by atoms with E-state index in [1.54, 1.807) is 7.11 Å². The Labute approximate surface area is 110 Å². The molecule has 0 aromatic carbocycles. The summed E-state index contributed by atoms with van der Waals surface area (Å²) < 4.78 is 11.0. The third kappa shape index (κ3) is 5.33. The van der Waals surface area contributed by atoms with E-state index in [1.807, 2.05) is 27.7 Å². The Morgan fingerprint density at radius 2 is 2.22 bits per heavy atom. The van der Waals surface area contributed by atoms with Crippen molar-refractivity contribution in [1.82, 2.24) is 10.2 Å². The van der Waals surface area contributed by atoms with E-state index < -0.39 is 0 Å². The van der Waals surface area contributed by atoms with Gasteiger partial charge < -0.3 is 14.8 Å². The topological polar surface area (TPSA) is 50.8 Å². The molecule has 1 aliphatic heterocycles. The van der Waals surface area contributed by atoms with Gasteiger partial charge in [0.25, 0.3) is 0 Å². The van der Waals surface area contributed by atoms with Crippen LogP contribution >= 0.6 is 0 Å². The fourth-order valence-corrected chi connectivity index (χ4v) is 2.38. The summed E-state index contributed by atoms with van der Waals surface area (Å²) in [5.74, 6) is 0.0684. The van der Waals surface area contributed by atoms with Gasteiger partial charge in [-0.05, 0) is 27.7 Å². The van der Waals surface area contributed by atoms with Crippen LogP contribution in [0.2, 0.25) is 0 Å². The molecule has 1 fully saturated rings. The third-order valence-corrected chi connectivity index (χ3v) is 2.72. The predicted molar refractivity (Wildman–Crippen MR) is 70.5 cm³/mol. The predicted octanol–water partition coefficient (Wildman–Crippen LogP) is 0.637. The number of amides is 1. The van der Waals surface area contributed by atoms with Gasteiger partial charge in [0.05, 0.1) is 24.9 Å². The van der Waals surface area contributed by atoms with Crippen LogP contribution in [0.3, 0.4) is 0 Å². The number of hydrogen-bond donors (Lipinski definition) is 1. The molecule has 0 unspecified atom stereocenters. The van der Waals surface area contributed by atoms with Crippen LogP contribution in [0, 0.1) is 0 Å². The summed E-state index contributed by atoms with van der Waals surface area (Å²) in [5.41, 5.74) is -0.237. The van der Waals surface area contributed by atoms with E-state index in [9.17, 15) is 4.79 Å². The summed E-state index contributed by atoms with van der Waals surface area (Å²) in [7, 11) is 1.67. The molecule has 18 heavy (non-hydrogen) atoms. The minimum Gasteiger partial charge on any atom is -0.382 e. The lowest BCUT2D eigenvalue weighted by Gasteiger charge is -2.42. The van der Waals surface area contributed by atoms with Gasteiger partial charge >= 0.3 is 0 Å². The second-order valence-electron chi connectivity index (χ2n) is 5.85. The number of methoxy groups -OCH3 is 1. The first-order valence-electron chi connectivity index (χ1n) is 6.51. The number of nitrogens with one attached hydrogen (secondary N) is 1. The van der Waals surface area contributed by atoms with E-state index in [0.29, 0.717) is 13.2 Å². The number of carbonyl (C=O) groups excluding carboxylic acids is 1. The van der Waals surface area contributed by atoms with Crippen LogP contribution in [0.1, 0.15) is 27.7 Å². The second kappa shape index (κ2) is 6.50. The van der Waals surface area contributed by atoms with Crippen LogP contribution in [-0.4, -0.2) is 61.9 Å². The second-order valence-corrected chi connectivity index (χ2v) is 5.85. The van der Waals surface area contributed by atoms with Crippen molar-refractivity contribution in [3.63, 3.8) is 0 Å². The van der Waals surface area contributed by atoms with E-state index in [2.05, 4.69) is 10.2 Å². The number of hydrogen-bond acceptors (Lipinski definition) is 4. The fourth-order valence-electron chi connectivity index (χ4n) is 2.38. The Balaban J connectivity index is 2.51. The van der Waals surface area contributed by atoms with Crippen molar-refractivity contribution in [1.29, 1.82) is 0 Å². The molecular formula is C13H26N2O3. The normalized spacial score (nSPS) is 24.2. The van der Waals surface area contributed by atoms with E-state index in [-0.39, 0.29) is 23.7 Å². The molecule has 0 spiro atoms. The van der Waals surface area contributed by atoms with Gasteiger partial charge in [-0.1, -0.05) is 0 Å². The average molecular weight is 258 g/mol. The Hall–Kier alpha value is -0.650. The van der Waals surface area contributed by atoms with Crippen molar-refractivity contribution in [3.8, 4) is 0 Å². The first kappa shape index (κ1) is 15.4. The van der Waals surface area contributed by atoms with Gasteiger partial charge in [0.1, 0.15) is 0 Å². The van der Waals surface area contributed by atoms with E-state index >= 15 is 0 Å². The van der Waals surface area contributed by atoms with Crippen molar-refractivity contribution < 1.29 is 14.3 Å². The van der Waals surface area contributed by atoms with Crippen molar-refractivity contribution >= 4 is 5.91 Å². The molecule has 5 heteroatoms. The van der Waals surface area contributed by atoms with Crippen LogP contribution in [-0.2, 0) is 14.3 Å². The average Bonchev–Trinajstić information content (AvgIpc) is 2.12. The van der Waals surface area contributed by atoms with E-state index in [0.717, 1.165) is 13.1 Å². The first-order chi connectivity index (χ1) is 8.32. The van der Waals surface area contributed by atoms with E-state index in [1.165, 1.54) is 0 Å². The van der Waals surface area contributed by atoms with Crippen molar-refractivity contribution in [3.05, 3.63) is 0 Å². The summed E-state index contributed by atoms with van der Waals surface area (Å²) in [6.45, 7) is 10.5. The molecule has 106 valence electrons. The van der Waals surface area contributed by atoms with Crippen LogP contribution in [0.5, 0.6) is 0 Å². The maximum Gasteiger partial charge on any atom is 0.234 e. The number of rotatable bonds is 5. The van der Waals surface area contributed by atoms with Gasteiger partial charge in [-0.2, -0.15) is 0 Å². The number of carbonyl (C=O) groups is 1. The Morgan fingerprint density at radius 3 is 2.78 bits per heavy atom. The molecular weight excluding hydrogens is 232 g/mol. The monoisotopic (exact) mass is 258 g/mol. The summed E-state index contributed by atoms with van der Waals surface area (Å²) in [6, 6.07) is 0.182. The molecule has 0 aromatic rings. The zero-order chi connectivity index (χ0) is 13.8. The third-order valence-electron chi connectivity index (χ3n) is 2.72. The van der Waals surface area contributed by atoms with Gasteiger partial charge in [-0.3, -0.25) is 9.69 Å². The number of nitrogens with zero attached hydrogens (tertiary/aromatic N) is 1. The molecule has 1 atom stereocenters. The van der Waals surface area contributed by atoms with Crippen LogP contribution < -0.4 is 5.32 Å². The maximum absolute atomic E-state index is 11.8. The summed E-state index contributed by atoms with van der Waals surface area (Å²) >= 11 is 0. The summed E-state index contributed by atoms with van der Waals surface area (Å²) in [5, 5.41) is 2.91. The van der Waals surface area contributed by atoms with Gasteiger partial charge in [-0.25, -0.2) is 0 Å². The van der Waals surface area contributed by atoms with E-state index in [4.69, 9.17) is 9.47 Å². The lowest BCUT2D eigenvalue weighted by Crippen LogP contribution is -2.56. The molecule has 5 nitrogen and oxygen atoms in total. The van der Waals surface area contributed by atoms with Crippen molar-refractivity contribution in [2.24, 2.45) is 0 Å². The number of morpholine rings is 1. The quantitative estimate of drug-likeness (QED) is 0.786. The standard InChI is InChI=1S/C13H26N2O3/c1-10(2)14-12(16)7-15-6-11(8-17-5)18-13(3,4)9-15/h10-11H,6-9H2,1-5H3,(H,14,16)/t11-/m0/s1. The zero-order valence-corrected chi connectivity index (χ0v) is 12.2. The maximum atomic E-state index is 11.8. The fraction of sp³-hybridized carbons (Fsp3) is 0.923. The molecule has 1 heterocycles. The highest BCUT2D eigenvalue weighted by molar-refractivity contribution is 5.78. The van der Waals surface area contributed by atoms with Crippen LogP contribution in [0.25, 0.3) is 0 Å². The minimum absolute atomic E-state index is 0.0330. The molecule has 0 aromatic heterocycles. The highest BCUT2D eigenvalue weighted by Crippen LogP contribution is 2.20. The molecule has 1 aliphatic rings. The molecule has 0 saturated carbocycles. The zero-order valence-electron chi connectivity index (χ0n) is 12.2. The first-order valence-corrected chi connectivity index (χ1v) is 6.51. The van der Waals surface area contributed by atoms with Gasteiger partial charge in [0, 0.05) is 26.2 Å². The SMILES string of the molecule is COC[C@@H]1CN(CC(=O)NC(C)C)CC(C)(C)O1. The molecule has 1 amide bonds. The highest BCUT2D eigenvalue weighted by Gasteiger charge is 2.33. The molecule has 0 aliphatic carbocycles. The minimum atomic E-state index is -0.237. The molecule has 1 N–H and O–H groups in total. The largest absolute Gasteiger partial charge is 0.382 e. The summed E-state index contributed by atoms with van der Waals surface area (Å²) in [6.07, 6.45) is 0.0330. The number of ether oxygens (including phenoxy) is 2. The lowest BCUT2D eigenvalue weighted by molar-refractivity contribution is -0.156. The molecule has 0 bridgehead atoms. The van der Waals surface area contributed by atoms with Crippen molar-refractivity contribution in [2.45, 2.75) is 45.4 Å². The van der Waals surface area contributed by atoms with Gasteiger partial charge in [0.15, 0.2) is 0 Å². The Bertz CT molecular complexity index is 279. The van der Waals surface area contributed by atoms with Crippen LogP contribution in [0.15, 0.2) is 0 Å². The highest BCUT2D eigenvalue weighted by atomic mass is 16.5. The van der Waals surface area contributed by atoms with Gasteiger partial charge in [-0.15, -0.1) is 0 Å². The summed E-state index contributed by atoms with van der Waals surface area (Å²) in [4.78, 5) is 13.9.